The Morgan fingerprint density at radius 3 is 2.15 bits per heavy atom. The highest BCUT2D eigenvalue weighted by molar-refractivity contribution is 7.93. The van der Waals surface area contributed by atoms with Gasteiger partial charge in [0.05, 0.1) is 21.2 Å². The number of hydrogen-bond donors (Lipinski definition) is 2. The van der Waals surface area contributed by atoms with E-state index in [1.54, 1.807) is 0 Å². The van der Waals surface area contributed by atoms with E-state index in [0.717, 1.165) is 6.07 Å². The van der Waals surface area contributed by atoms with Crippen LogP contribution in [0.25, 0.3) is 0 Å². The summed E-state index contributed by atoms with van der Waals surface area (Å²) < 4.78 is 75.2. The molecule has 0 bridgehead atoms. The number of primary sulfonamides is 1. The van der Waals surface area contributed by atoms with Crippen LogP contribution in [0, 0.1) is 0 Å². The molecule has 0 aliphatic carbocycles. The molecule has 1 fully saturated rings. The van der Waals surface area contributed by atoms with Crippen LogP contribution < -0.4 is 14.2 Å². The van der Waals surface area contributed by atoms with E-state index in [-0.39, 0.29) is 21.2 Å². The summed E-state index contributed by atoms with van der Waals surface area (Å²) in [5.74, 6) is 0.0851. The summed E-state index contributed by atoms with van der Waals surface area (Å²) in [5, 5.41) is 5.02. The smallest absolute Gasteiger partial charge is 0.261 e. The number of anilines is 2. The molecule has 2 aromatic carbocycles. The molecule has 146 valence electrons. The first-order valence-electron chi connectivity index (χ1n) is 7.75. The van der Waals surface area contributed by atoms with Crippen molar-refractivity contribution in [2.75, 3.05) is 21.3 Å². The standard InChI is InChI=1S/C15H17N3O6S3/c16-26(21,22)14-3-1-4-15(11-14)27(23,24)17-12-5-7-13(8-6-12)18-9-2-10-25(18,19)20/h1,3-8,11,17H,2,9-10H2,(H2,16,21,22). The third-order valence-corrected chi connectivity index (χ3v) is 8.11. The maximum atomic E-state index is 12.5. The topological polar surface area (TPSA) is 144 Å². The number of rotatable bonds is 5. The first-order valence-corrected chi connectivity index (χ1v) is 12.4. The molecule has 3 N–H and O–H groups in total. The molecule has 0 saturated carbocycles. The molecule has 12 heteroatoms. The average Bonchev–Trinajstić information content (AvgIpc) is 2.94. The number of benzene rings is 2. The van der Waals surface area contributed by atoms with E-state index in [1.807, 2.05) is 0 Å². The van der Waals surface area contributed by atoms with Crippen LogP contribution in [-0.4, -0.2) is 37.6 Å². The lowest BCUT2D eigenvalue weighted by atomic mass is 10.3. The Labute approximate surface area is 158 Å². The summed E-state index contributed by atoms with van der Waals surface area (Å²) >= 11 is 0. The fourth-order valence-corrected chi connectivity index (χ4v) is 5.96. The van der Waals surface area contributed by atoms with Gasteiger partial charge in [0.15, 0.2) is 0 Å². The van der Waals surface area contributed by atoms with Crippen molar-refractivity contribution in [3.05, 3.63) is 48.5 Å². The third-order valence-electron chi connectivity index (χ3n) is 3.95. The summed E-state index contributed by atoms with van der Waals surface area (Å²) in [5.41, 5.74) is 0.656. The van der Waals surface area contributed by atoms with Gasteiger partial charge in [0.2, 0.25) is 20.0 Å². The minimum Gasteiger partial charge on any atom is -0.280 e. The van der Waals surface area contributed by atoms with Crippen molar-refractivity contribution >= 4 is 41.4 Å². The predicted molar refractivity (Wildman–Crippen MR) is 101 cm³/mol. The molecule has 3 rings (SSSR count). The van der Waals surface area contributed by atoms with Gasteiger partial charge in [-0.2, -0.15) is 0 Å². The fraction of sp³-hybridized carbons (Fsp3) is 0.200. The molecule has 1 aliphatic heterocycles. The lowest BCUT2D eigenvalue weighted by Gasteiger charge is -2.17. The molecule has 0 amide bonds. The van der Waals surface area contributed by atoms with Gasteiger partial charge in [-0.3, -0.25) is 9.03 Å². The zero-order valence-electron chi connectivity index (χ0n) is 13.9. The normalized spacial score (nSPS) is 17.0. The fourth-order valence-electron chi connectivity index (χ4n) is 2.66. The van der Waals surface area contributed by atoms with Crippen molar-refractivity contribution in [2.24, 2.45) is 5.14 Å². The highest BCUT2D eigenvalue weighted by Gasteiger charge is 2.28. The Morgan fingerprint density at radius 2 is 1.59 bits per heavy atom. The maximum absolute atomic E-state index is 12.5. The van der Waals surface area contributed by atoms with Crippen LogP contribution in [0.15, 0.2) is 58.3 Å². The van der Waals surface area contributed by atoms with Gasteiger partial charge in [0.1, 0.15) is 0 Å². The van der Waals surface area contributed by atoms with Crippen LogP contribution in [0.5, 0.6) is 0 Å². The van der Waals surface area contributed by atoms with Crippen molar-refractivity contribution in [3.63, 3.8) is 0 Å². The van der Waals surface area contributed by atoms with Gasteiger partial charge in [-0.1, -0.05) is 6.07 Å². The Kier molecular flexibility index (Phi) is 4.93. The van der Waals surface area contributed by atoms with Crippen LogP contribution in [0.4, 0.5) is 11.4 Å². The van der Waals surface area contributed by atoms with E-state index in [1.165, 1.54) is 46.8 Å². The van der Waals surface area contributed by atoms with Crippen molar-refractivity contribution in [1.29, 1.82) is 0 Å². The van der Waals surface area contributed by atoms with Crippen LogP contribution in [0.3, 0.4) is 0 Å². The molecule has 1 saturated heterocycles. The monoisotopic (exact) mass is 431 g/mol. The van der Waals surface area contributed by atoms with E-state index in [0.29, 0.717) is 18.7 Å². The molecule has 0 aromatic heterocycles. The molecule has 0 spiro atoms. The van der Waals surface area contributed by atoms with Gasteiger partial charge in [0.25, 0.3) is 10.0 Å². The summed E-state index contributed by atoms with van der Waals surface area (Å²) in [6.45, 7) is 0.383. The molecular weight excluding hydrogens is 414 g/mol. The summed E-state index contributed by atoms with van der Waals surface area (Å²) in [6.07, 6.45) is 0.539. The number of nitrogens with zero attached hydrogens (tertiary/aromatic N) is 1. The molecule has 0 atom stereocenters. The van der Waals surface area contributed by atoms with E-state index >= 15 is 0 Å². The summed E-state index contributed by atoms with van der Waals surface area (Å²) in [7, 11) is -11.4. The molecule has 0 radical (unpaired) electrons. The zero-order chi connectivity index (χ0) is 19.9. The van der Waals surface area contributed by atoms with Crippen LogP contribution in [-0.2, 0) is 30.1 Å². The van der Waals surface area contributed by atoms with Gasteiger partial charge in [-0.05, 0) is 48.9 Å². The first-order chi connectivity index (χ1) is 12.5. The van der Waals surface area contributed by atoms with Crippen LogP contribution in [0.1, 0.15) is 6.42 Å². The van der Waals surface area contributed by atoms with Crippen LogP contribution >= 0.6 is 0 Å². The molecule has 0 unspecified atom stereocenters. The van der Waals surface area contributed by atoms with Crippen molar-refractivity contribution in [2.45, 2.75) is 16.2 Å². The van der Waals surface area contributed by atoms with Crippen molar-refractivity contribution in [3.8, 4) is 0 Å². The third kappa shape index (κ3) is 4.24. The van der Waals surface area contributed by atoms with Gasteiger partial charge in [0, 0.05) is 12.2 Å². The average molecular weight is 432 g/mol. The minimum absolute atomic E-state index is 0.0851. The number of sulfonamides is 3. The van der Waals surface area contributed by atoms with Gasteiger partial charge >= 0.3 is 0 Å². The highest BCUT2D eigenvalue weighted by Crippen LogP contribution is 2.26. The second-order valence-electron chi connectivity index (χ2n) is 5.91. The molecular formula is C15H17N3O6S3. The predicted octanol–water partition coefficient (Wildman–Crippen LogP) is 0.675. The highest BCUT2D eigenvalue weighted by atomic mass is 32.2. The SMILES string of the molecule is NS(=O)(=O)c1cccc(S(=O)(=O)Nc2ccc(N3CCCS3(=O)=O)cc2)c1. The second kappa shape index (κ2) is 6.78. The second-order valence-corrected chi connectivity index (χ2v) is 11.2. The Balaban J connectivity index is 1.85. The molecule has 1 aliphatic rings. The summed E-state index contributed by atoms with van der Waals surface area (Å²) in [6, 6.07) is 10.5. The molecule has 1 heterocycles. The molecule has 2 aromatic rings. The van der Waals surface area contributed by atoms with E-state index in [2.05, 4.69) is 4.72 Å². The number of hydrogen-bond acceptors (Lipinski definition) is 6. The minimum atomic E-state index is -4.05. The lowest BCUT2D eigenvalue weighted by Crippen LogP contribution is -2.25. The summed E-state index contributed by atoms with van der Waals surface area (Å²) in [4.78, 5) is -0.583. The van der Waals surface area contributed by atoms with Gasteiger partial charge in [-0.15, -0.1) is 0 Å². The van der Waals surface area contributed by atoms with Crippen LogP contribution in [0.2, 0.25) is 0 Å². The van der Waals surface area contributed by atoms with Gasteiger partial charge in [-0.25, -0.2) is 30.4 Å². The zero-order valence-corrected chi connectivity index (χ0v) is 16.4. The lowest BCUT2D eigenvalue weighted by molar-refractivity contribution is 0.595. The Morgan fingerprint density at radius 1 is 0.963 bits per heavy atom. The Bertz CT molecular complexity index is 1170. The number of nitrogens with two attached hydrogens (primary N) is 1. The van der Waals surface area contributed by atoms with E-state index < -0.39 is 30.1 Å². The van der Waals surface area contributed by atoms with E-state index in [9.17, 15) is 25.3 Å². The first kappa shape index (κ1) is 19.6. The molecule has 9 nitrogen and oxygen atoms in total. The molecule has 27 heavy (non-hydrogen) atoms. The van der Waals surface area contributed by atoms with Crippen molar-refractivity contribution in [1.82, 2.24) is 0 Å². The maximum Gasteiger partial charge on any atom is 0.261 e. The van der Waals surface area contributed by atoms with Crippen molar-refractivity contribution < 1.29 is 25.3 Å². The van der Waals surface area contributed by atoms with Gasteiger partial charge < -0.3 is 0 Å². The largest absolute Gasteiger partial charge is 0.280 e. The Hall–Kier alpha value is -2.15. The number of nitrogens with one attached hydrogen (secondary N) is 1. The quantitative estimate of drug-likeness (QED) is 0.712. The van der Waals surface area contributed by atoms with E-state index in [4.69, 9.17) is 5.14 Å².